The number of halogens is 3. The van der Waals surface area contributed by atoms with Crippen molar-refractivity contribution in [3.8, 4) is 0 Å². The van der Waals surface area contributed by atoms with Crippen LogP contribution in [0.5, 0.6) is 0 Å². The molecule has 0 bridgehead atoms. The van der Waals surface area contributed by atoms with Crippen LogP contribution in [0.25, 0.3) is 5.65 Å². The molecular weight excluding hydrogens is 305 g/mol. The Morgan fingerprint density at radius 1 is 1.33 bits per heavy atom. The van der Waals surface area contributed by atoms with Crippen molar-refractivity contribution in [3.05, 3.63) is 23.9 Å². The van der Waals surface area contributed by atoms with E-state index < -0.39 is 17.0 Å². The molecule has 0 fully saturated rings. The number of thioether (sulfide) groups is 1. The van der Waals surface area contributed by atoms with Crippen LogP contribution in [0.15, 0.2) is 23.5 Å². The van der Waals surface area contributed by atoms with Gasteiger partial charge in [0.25, 0.3) is 0 Å². The Balaban J connectivity index is 2.35. The highest BCUT2D eigenvalue weighted by molar-refractivity contribution is 8.00. The first-order valence-electron chi connectivity index (χ1n) is 6.00. The highest BCUT2D eigenvalue weighted by Crippen LogP contribution is 2.30. The van der Waals surface area contributed by atoms with Crippen molar-refractivity contribution in [1.82, 2.24) is 19.5 Å². The van der Waals surface area contributed by atoms with Gasteiger partial charge in [0.05, 0.1) is 10.8 Å². The van der Waals surface area contributed by atoms with E-state index in [-0.39, 0.29) is 11.1 Å². The molecule has 2 aromatic heterocycles. The number of nitrogens with zero attached hydrogens (tertiary/aromatic N) is 4. The third-order valence-electron chi connectivity index (χ3n) is 2.77. The fourth-order valence-electron chi connectivity index (χ4n) is 1.69. The molecule has 0 saturated carbocycles. The summed E-state index contributed by atoms with van der Waals surface area (Å²) in [7, 11) is 3.23. The molecule has 0 radical (unpaired) electrons. The largest absolute Gasteiger partial charge is 0.417 e. The van der Waals surface area contributed by atoms with E-state index in [1.54, 1.807) is 21.0 Å². The fourth-order valence-corrected chi connectivity index (χ4v) is 2.67. The van der Waals surface area contributed by atoms with E-state index in [9.17, 15) is 18.0 Å². The molecule has 2 rings (SSSR count). The monoisotopic (exact) mass is 318 g/mol. The molecule has 0 N–H and O–H groups in total. The number of carbonyl (C=O) groups excluding carboxylic acids is 1. The highest BCUT2D eigenvalue weighted by Gasteiger charge is 2.31. The van der Waals surface area contributed by atoms with Gasteiger partial charge in [0.15, 0.2) is 10.8 Å². The maximum atomic E-state index is 12.7. The van der Waals surface area contributed by atoms with Crippen LogP contribution in [0.4, 0.5) is 13.2 Å². The highest BCUT2D eigenvalue weighted by atomic mass is 32.2. The summed E-state index contributed by atoms with van der Waals surface area (Å²) in [4.78, 5) is 13.2. The van der Waals surface area contributed by atoms with E-state index in [4.69, 9.17) is 0 Å². The van der Waals surface area contributed by atoms with Crippen molar-refractivity contribution >= 4 is 23.3 Å². The van der Waals surface area contributed by atoms with Crippen molar-refractivity contribution in [1.29, 1.82) is 0 Å². The van der Waals surface area contributed by atoms with Crippen molar-refractivity contribution in [3.63, 3.8) is 0 Å². The predicted octanol–water partition coefficient (Wildman–Crippen LogP) is 2.32. The number of hydrogen-bond donors (Lipinski definition) is 0. The summed E-state index contributed by atoms with van der Waals surface area (Å²) in [6.45, 7) is 1.67. The lowest BCUT2D eigenvalue weighted by molar-refractivity contribution is -0.138. The molecule has 9 heteroatoms. The van der Waals surface area contributed by atoms with Gasteiger partial charge >= 0.3 is 6.18 Å². The van der Waals surface area contributed by atoms with E-state index in [1.165, 1.54) is 15.4 Å². The summed E-state index contributed by atoms with van der Waals surface area (Å²) in [5, 5.41) is 7.42. The number of carbonyl (C=O) groups is 1. The predicted molar refractivity (Wildman–Crippen MR) is 72.0 cm³/mol. The first-order valence-corrected chi connectivity index (χ1v) is 6.88. The quantitative estimate of drug-likeness (QED) is 0.815. The zero-order valence-corrected chi connectivity index (χ0v) is 12.4. The summed E-state index contributed by atoms with van der Waals surface area (Å²) in [5.74, 6) is -0.149. The molecule has 0 aromatic carbocycles. The van der Waals surface area contributed by atoms with Crippen LogP contribution in [0.3, 0.4) is 0 Å². The Morgan fingerprint density at radius 2 is 2.00 bits per heavy atom. The van der Waals surface area contributed by atoms with Gasteiger partial charge in [0, 0.05) is 20.3 Å². The third kappa shape index (κ3) is 3.29. The molecule has 21 heavy (non-hydrogen) atoms. The number of fused-ring (bicyclic) bond motifs is 1. The maximum Gasteiger partial charge on any atom is 0.417 e. The second-order valence-electron chi connectivity index (χ2n) is 4.62. The first-order chi connectivity index (χ1) is 9.70. The number of aromatic nitrogens is 3. The number of amides is 1. The molecule has 0 spiro atoms. The van der Waals surface area contributed by atoms with Crippen LogP contribution in [-0.4, -0.2) is 44.8 Å². The van der Waals surface area contributed by atoms with Crippen molar-refractivity contribution in [2.75, 3.05) is 14.1 Å². The molecule has 0 aliphatic carbocycles. The summed E-state index contributed by atoms with van der Waals surface area (Å²) >= 11 is 1.07. The van der Waals surface area contributed by atoms with Crippen LogP contribution < -0.4 is 0 Å². The van der Waals surface area contributed by atoms with E-state index in [0.29, 0.717) is 5.65 Å². The standard InChI is InChI=1S/C12H13F3N4OS/c1-7(10(20)18(2)3)21-11-17-16-9-5-4-8(6-19(9)11)12(13,14)15/h4-7H,1-3H3. The minimum Gasteiger partial charge on any atom is -0.348 e. The minimum absolute atomic E-state index is 0.149. The van der Waals surface area contributed by atoms with Crippen molar-refractivity contribution in [2.45, 2.75) is 23.5 Å². The van der Waals surface area contributed by atoms with Crippen molar-refractivity contribution in [2.24, 2.45) is 0 Å². The van der Waals surface area contributed by atoms with Gasteiger partial charge in [0.1, 0.15) is 0 Å². The van der Waals surface area contributed by atoms with Gasteiger partial charge in [0.2, 0.25) is 5.91 Å². The lowest BCUT2D eigenvalue weighted by atomic mass is 10.3. The Kier molecular flexibility index (Phi) is 4.13. The molecule has 2 aromatic rings. The molecule has 2 heterocycles. The van der Waals surface area contributed by atoms with E-state index >= 15 is 0 Å². The second-order valence-corrected chi connectivity index (χ2v) is 5.93. The van der Waals surface area contributed by atoms with Crippen molar-refractivity contribution < 1.29 is 18.0 Å². The molecular formula is C12H13F3N4OS. The van der Waals surface area contributed by atoms with Crippen LogP contribution in [0.1, 0.15) is 12.5 Å². The summed E-state index contributed by atoms with van der Waals surface area (Å²) in [6.07, 6.45) is -3.50. The average molecular weight is 318 g/mol. The average Bonchev–Trinajstić information content (AvgIpc) is 2.79. The molecule has 114 valence electrons. The van der Waals surface area contributed by atoms with Gasteiger partial charge in [-0.15, -0.1) is 10.2 Å². The van der Waals surface area contributed by atoms with Crippen LogP contribution in [-0.2, 0) is 11.0 Å². The normalized spacial score (nSPS) is 13.4. The Bertz CT molecular complexity index is 668. The number of pyridine rings is 1. The Labute approximate surface area is 123 Å². The summed E-state index contributed by atoms with van der Waals surface area (Å²) in [5.41, 5.74) is -0.488. The van der Waals surface area contributed by atoms with Gasteiger partial charge in [-0.3, -0.25) is 9.20 Å². The van der Waals surface area contributed by atoms with Crippen LogP contribution in [0.2, 0.25) is 0 Å². The number of alkyl halides is 3. The smallest absolute Gasteiger partial charge is 0.348 e. The van der Waals surface area contributed by atoms with Gasteiger partial charge in [-0.05, 0) is 19.1 Å². The lowest BCUT2D eigenvalue weighted by Crippen LogP contribution is -2.29. The first kappa shape index (κ1) is 15.6. The molecule has 0 aliphatic rings. The molecule has 1 unspecified atom stereocenters. The third-order valence-corrected chi connectivity index (χ3v) is 3.81. The molecule has 1 atom stereocenters. The molecule has 1 amide bonds. The fraction of sp³-hybridized carbons (Fsp3) is 0.417. The zero-order valence-electron chi connectivity index (χ0n) is 11.5. The topological polar surface area (TPSA) is 50.5 Å². The molecule has 0 aliphatic heterocycles. The van der Waals surface area contributed by atoms with Gasteiger partial charge in [-0.1, -0.05) is 11.8 Å². The van der Waals surface area contributed by atoms with Crippen LogP contribution >= 0.6 is 11.8 Å². The summed E-state index contributed by atoms with van der Waals surface area (Å²) in [6, 6.07) is 2.20. The minimum atomic E-state index is -4.44. The van der Waals surface area contributed by atoms with E-state index in [2.05, 4.69) is 10.2 Å². The Morgan fingerprint density at radius 3 is 2.57 bits per heavy atom. The van der Waals surface area contributed by atoms with Gasteiger partial charge in [-0.25, -0.2) is 0 Å². The summed E-state index contributed by atoms with van der Waals surface area (Å²) < 4.78 is 39.4. The Hall–Kier alpha value is -1.77. The SMILES string of the molecule is CC(Sc1nnc2ccc(C(F)(F)F)cn12)C(=O)N(C)C. The zero-order chi connectivity index (χ0) is 15.8. The van der Waals surface area contributed by atoms with Gasteiger partial charge < -0.3 is 4.90 Å². The maximum absolute atomic E-state index is 12.7. The molecule has 5 nitrogen and oxygen atoms in total. The van der Waals surface area contributed by atoms with E-state index in [1.807, 2.05) is 0 Å². The van der Waals surface area contributed by atoms with E-state index in [0.717, 1.165) is 24.0 Å². The number of rotatable bonds is 3. The second kappa shape index (κ2) is 5.55. The van der Waals surface area contributed by atoms with Crippen LogP contribution in [0, 0.1) is 0 Å². The number of hydrogen-bond acceptors (Lipinski definition) is 4. The lowest BCUT2D eigenvalue weighted by Gasteiger charge is -2.15. The van der Waals surface area contributed by atoms with Gasteiger partial charge in [-0.2, -0.15) is 13.2 Å². The molecule has 0 saturated heterocycles.